The van der Waals surface area contributed by atoms with E-state index in [1.54, 1.807) is 47.4 Å². The summed E-state index contributed by atoms with van der Waals surface area (Å²) in [7, 11) is 0. The Bertz CT molecular complexity index is 1140. The lowest BCUT2D eigenvalue weighted by atomic mass is 10.1. The second kappa shape index (κ2) is 9.35. The quantitative estimate of drug-likeness (QED) is 0.378. The molecule has 2 aromatic carbocycles. The van der Waals surface area contributed by atoms with Gasteiger partial charge in [-0.1, -0.05) is 24.0 Å². The summed E-state index contributed by atoms with van der Waals surface area (Å²) in [5.41, 5.74) is 8.18. The highest BCUT2D eigenvalue weighted by atomic mass is 16.4. The number of nitrogen functional groups attached to an aromatic ring is 1. The monoisotopic (exact) mass is 432 g/mol. The van der Waals surface area contributed by atoms with E-state index in [2.05, 4.69) is 11.8 Å². The van der Waals surface area contributed by atoms with Crippen LogP contribution in [0, 0.1) is 17.3 Å². The molecule has 0 bridgehead atoms. The molecule has 0 aliphatic carbocycles. The Morgan fingerprint density at radius 3 is 2.34 bits per heavy atom. The molecule has 2 amide bonds. The zero-order valence-corrected chi connectivity index (χ0v) is 17.9. The molecule has 1 aliphatic heterocycles. The van der Waals surface area contributed by atoms with Gasteiger partial charge < -0.3 is 20.6 Å². The van der Waals surface area contributed by atoms with Gasteiger partial charge in [0.05, 0.1) is 17.7 Å². The first-order valence-corrected chi connectivity index (χ1v) is 10.1. The van der Waals surface area contributed by atoms with Crippen molar-refractivity contribution in [3.63, 3.8) is 0 Å². The van der Waals surface area contributed by atoms with Gasteiger partial charge in [-0.25, -0.2) is 0 Å². The third-order valence-electron chi connectivity index (χ3n) is 5.03. The number of nitrogens with two attached hydrogens (primary N) is 1. The molecule has 2 aromatic rings. The number of amides is 2. The first kappa shape index (κ1) is 22.6. The van der Waals surface area contributed by atoms with Crippen molar-refractivity contribution < 1.29 is 19.5 Å². The van der Waals surface area contributed by atoms with Crippen LogP contribution in [0.5, 0.6) is 0 Å². The lowest BCUT2D eigenvalue weighted by Crippen LogP contribution is -2.42. The fourth-order valence-corrected chi connectivity index (χ4v) is 3.47. The van der Waals surface area contributed by atoms with Crippen LogP contribution in [0.3, 0.4) is 0 Å². The smallest absolute Gasteiger partial charge is 0.305 e. The van der Waals surface area contributed by atoms with Crippen LogP contribution in [0.25, 0.3) is 0 Å². The SMILES string of the molecule is CC(C)N1C(=O)CN(CCC(=O)O)C(=O)c2cc(C#Cc3ccc(C(=N)N)cc3)ccc21. The maximum absolute atomic E-state index is 13.2. The van der Waals surface area contributed by atoms with Crippen molar-refractivity contribution in [2.24, 2.45) is 5.73 Å². The molecule has 1 aliphatic rings. The van der Waals surface area contributed by atoms with Crippen molar-refractivity contribution in [3.05, 3.63) is 64.7 Å². The van der Waals surface area contributed by atoms with Gasteiger partial charge in [-0.2, -0.15) is 0 Å². The summed E-state index contributed by atoms with van der Waals surface area (Å²) >= 11 is 0. The largest absolute Gasteiger partial charge is 0.481 e. The van der Waals surface area contributed by atoms with Gasteiger partial charge in [0.15, 0.2) is 0 Å². The van der Waals surface area contributed by atoms with Crippen LogP contribution in [-0.2, 0) is 9.59 Å². The van der Waals surface area contributed by atoms with Gasteiger partial charge in [0.25, 0.3) is 5.91 Å². The summed E-state index contributed by atoms with van der Waals surface area (Å²) < 4.78 is 0. The normalized spacial score (nSPS) is 13.3. The third kappa shape index (κ3) is 4.95. The van der Waals surface area contributed by atoms with E-state index in [4.69, 9.17) is 16.2 Å². The zero-order chi connectivity index (χ0) is 23.4. The Morgan fingerprint density at radius 1 is 1.12 bits per heavy atom. The molecule has 3 rings (SSSR count). The van der Waals surface area contributed by atoms with E-state index in [1.807, 2.05) is 13.8 Å². The number of amidine groups is 1. The van der Waals surface area contributed by atoms with Crippen LogP contribution >= 0.6 is 0 Å². The molecule has 1 heterocycles. The van der Waals surface area contributed by atoms with Crippen LogP contribution in [0.4, 0.5) is 5.69 Å². The Morgan fingerprint density at radius 2 is 1.75 bits per heavy atom. The van der Waals surface area contributed by atoms with Crippen molar-refractivity contribution in [2.75, 3.05) is 18.0 Å². The molecule has 0 fully saturated rings. The minimum absolute atomic E-state index is 0.0227. The molecule has 0 saturated carbocycles. The molecule has 0 atom stereocenters. The second-order valence-corrected chi connectivity index (χ2v) is 7.70. The number of benzene rings is 2. The van der Waals surface area contributed by atoms with Gasteiger partial charge in [0.1, 0.15) is 12.4 Å². The third-order valence-corrected chi connectivity index (χ3v) is 5.03. The number of fused-ring (bicyclic) bond motifs is 1. The summed E-state index contributed by atoms with van der Waals surface area (Å²) in [4.78, 5) is 39.8. The predicted octanol–water partition coefficient (Wildman–Crippen LogP) is 2.04. The van der Waals surface area contributed by atoms with E-state index in [0.717, 1.165) is 5.56 Å². The lowest BCUT2D eigenvalue weighted by Gasteiger charge is -2.26. The van der Waals surface area contributed by atoms with Crippen LogP contribution < -0.4 is 10.6 Å². The van der Waals surface area contributed by atoms with Gasteiger partial charge >= 0.3 is 5.97 Å². The molecule has 0 unspecified atom stereocenters. The maximum Gasteiger partial charge on any atom is 0.305 e. The summed E-state index contributed by atoms with van der Waals surface area (Å²) in [6.45, 7) is 3.49. The fourth-order valence-electron chi connectivity index (χ4n) is 3.47. The van der Waals surface area contributed by atoms with Crippen LogP contribution in [0.1, 0.15) is 47.3 Å². The van der Waals surface area contributed by atoms with Crippen molar-refractivity contribution in [2.45, 2.75) is 26.3 Å². The maximum atomic E-state index is 13.2. The summed E-state index contributed by atoms with van der Waals surface area (Å²) in [5.74, 6) is 4.31. The van der Waals surface area contributed by atoms with E-state index >= 15 is 0 Å². The zero-order valence-electron chi connectivity index (χ0n) is 17.9. The standard InChI is InChI=1S/C24H24N4O4/c1-15(2)28-20-10-7-17(4-3-16-5-8-18(9-6-16)23(25)26)13-19(20)24(32)27(14-21(28)29)12-11-22(30)31/h5-10,13,15H,11-12,14H2,1-2H3,(H3,25,26)(H,30,31). The number of carbonyl (C=O) groups excluding carboxylic acids is 2. The molecule has 0 aromatic heterocycles. The highest BCUT2D eigenvalue weighted by Gasteiger charge is 2.33. The van der Waals surface area contributed by atoms with Gasteiger partial charge in [-0.3, -0.25) is 19.8 Å². The molecule has 8 nitrogen and oxygen atoms in total. The van der Waals surface area contributed by atoms with Crippen LogP contribution in [0.2, 0.25) is 0 Å². The highest BCUT2D eigenvalue weighted by molar-refractivity contribution is 6.10. The molecular weight excluding hydrogens is 408 g/mol. The van der Waals surface area contributed by atoms with Gasteiger partial charge in [0.2, 0.25) is 5.91 Å². The van der Waals surface area contributed by atoms with Crippen LogP contribution in [0.15, 0.2) is 42.5 Å². The number of anilines is 1. The van der Waals surface area contributed by atoms with Gasteiger partial charge in [0, 0.05) is 29.3 Å². The molecule has 0 spiro atoms. The van der Waals surface area contributed by atoms with Crippen LogP contribution in [-0.4, -0.2) is 52.8 Å². The van der Waals surface area contributed by atoms with Crippen molar-refractivity contribution in [3.8, 4) is 11.8 Å². The number of aliphatic carboxylic acids is 1. The summed E-state index contributed by atoms with van der Waals surface area (Å²) in [6.07, 6.45) is -0.244. The summed E-state index contributed by atoms with van der Waals surface area (Å²) in [6, 6.07) is 11.8. The molecular formula is C24H24N4O4. The van der Waals surface area contributed by atoms with Crippen molar-refractivity contribution >= 4 is 29.3 Å². The molecule has 4 N–H and O–H groups in total. The number of carboxylic acids is 1. The Balaban J connectivity index is 1.98. The lowest BCUT2D eigenvalue weighted by molar-refractivity contribution is -0.137. The second-order valence-electron chi connectivity index (χ2n) is 7.70. The molecule has 32 heavy (non-hydrogen) atoms. The number of carbonyl (C=O) groups is 3. The van der Waals surface area contributed by atoms with E-state index in [1.165, 1.54) is 4.90 Å². The molecule has 8 heteroatoms. The van der Waals surface area contributed by atoms with E-state index < -0.39 is 11.9 Å². The minimum Gasteiger partial charge on any atom is -0.481 e. The first-order valence-electron chi connectivity index (χ1n) is 10.1. The van der Waals surface area contributed by atoms with E-state index in [0.29, 0.717) is 22.4 Å². The average Bonchev–Trinajstić information content (AvgIpc) is 2.85. The van der Waals surface area contributed by atoms with Gasteiger partial charge in [-0.05, 0) is 44.2 Å². The number of carboxylic acid groups (broad SMARTS) is 1. The van der Waals surface area contributed by atoms with Crippen molar-refractivity contribution in [1.82, 2.24) is 4.90 Å². The fraction of sp³-hybridized carbons (Fsp3) is 0.250. The van der Waals surface area contributed by atoms with Gasteiger partial charge in [-0.15, -0.1) is 0 Å². The molecule has 0 saturated heterocycles. The Labute approximate surface area is 186 Å². The minimum atomic E-state index is -1.04. The number of hydrogen-bond donors (Lipinski definition) is 3. The predicted molar refractivity (Wildman–Crippen MR) is 121 cm³/mol. The number of nitrogens with zero attached hydrogens (tertiary/aromatic N) is 2. The average molecular weight is 432 g/mol. The molecule has 164 valence electrons. The topological polar surface area (TPSA) is 128 Å². The molecule has 0 radical (unpaired) electrons. The summed E-state index contributed by atoms with van der Waals surface area (Å²) in [5, 5.41) is 16.4. The van der Waals surface area contributed by atoms with E-state index in [-0.39, 0.29) is 37.3 Å². The highest BCUT2D eigenvalue weighted by Crippen LogP contribution is 2.28. The first-order chi connectivity index (χ1) is 15.2. The number of rotatable bonds is 5. The number of hydrogen-bond acceptors (Lipinski definition) is 4. The van der Waals surface area contributed by atoms with Crippen molar-refractivity contribution in [1.29, 1.82) is 5.41 Å². The van der Waals surface area contributed by atoms with E-state index in [9.17, 15) is 14.4 Å². The Hall–Kier alpha value is -4.12. The number of nitrogens with one attached hydrogen (secondary N) is 1. The Kier molecular flexibility index (Phi) is 6.59.